The first-order valence-corrected chi connectivity index (χ1v) is 9.27. The molecule has 1 aliphatic carbocycles. The Bertz CT molecular complexity index is 739. The fourth-order valence-electron chi connectivity index (χ4n) is 3.64. The lowest BCUT2D eigenvalue weighted by Crippen LogP contribution is -2.32. The predicted molar refractivity (Wildman–Crippen MR) is 101 cm³/mol. The lowest BCUT2D eigenvalue weighted by molar-refractivity contribution is -0.123. The summed E-state index contributed by atoms with van der Waals surface area (Å²) >= 11 is 0. The van der Waals surface area contributed by atoms with E-state index in [2.05, 4.69) is 37.4 Å². The summed E-state index contributed by atoms with van der Waals surface area (Å²) in [5.74, 6) is 0.805. The minimum absolute atomic E-state index is 0.0296. The summed E-state index contributed by atoms with van der Waals surface area (Å²) in [6.45, 7) is 4.24. The van der Waals surface area contributed by atoms with E-state index in [1.54, 1.807) is 0 Å². The third kappa shape index (κ3) is 4.22. The van der Waals surface area contributed by atoms with Crippen molar-refractivity contribution < 1.29 is 9.53 Å². The van der Waals surface area contributed by atoms with Crippen LogP contribution in [0, 0.1) is 6.92 Å². The molecule has 0 heterocycles. The number of nitrogens with one attached hydrogen (secondary N) is 1. The van der Waals surface area contributed by atoms with E-state index in [0.29, 0.717) is 0 Å². The maximum Gasteiger partial charge on any atom is 0.258 e. The summed E-state index contributed by atoms with van der Waals surface area (Å²) < 4.78 is 5.87. The number of carbonyl (C=O) groups is 1. The number of aryl methyl sites for hydroxylation is 2. The van der Waals surface area contributed by atoms with E-state index in [-0.39, 0.29) is 18.6 Å². The van der Waals surface area contributed by atoms with E-state index in [0.717, 1.165) is 25.0 Å². The molecule has 2 aromatic rings. The van der Waals surface area contributed by atoms with Crippen LogP contribution in [-0.2, 0) is 17.6 Å². The first-order valence-electron chi connectivity index (χ1n) is 9.27. The number of rotatable bonds is 6. The Labute approximate surface area is 150 Å². The number of fused-ring (bicyclic) bond motifs is 1. The molecule has 3 rings (SSSR count). The van der Waals surface area contributed by atoms with Gasteiger partial charge in [-0.05, 0) is 67.3 Å². The average molecular weight is 337 g/mol. The van der Waals surface area contributed by atoms with Gasteiger partial charge in [0.05, 0.1) is 6.04 Å². The zero-order chi connectivity index (χ0) is 17.6. The largest absolute Gasteiger partial charge is 0.483 e. The lowest BCUT2D eigenvalue weighted by Gasteiger charge is -2.21. The third-order valence-electron chi connectivity index (χ3n) is 5.02. The van der Waals surface area contributed by atoms with Gasteiger partial charge in [-0.15, -0.1) is 0 Å². The molecule has 0 fully saturated rings. The van der Waals surface area contributed by atoms with Crippen LogP contribution in [0.2, 0.25) is 0 Å². The van der Waals surface area contributed by atoms with Gasteiger partial charge in [-0.1, -0.05) is 43.3 Å². The van der Waals surface area contributed by atoms with Crippen molar-refractivity contribution in [2.45, 2.75) is 52.0 Å². The molecule has 3 nitrogen and oxygen atoms in total. The number of carbonyl (C=O) groups excluding carboxylic acids is 1. The van der Waals surface area contributed by atoms with Crippen molar-refractivity contribution in [1.29, 1.82) is 0 Å². The van der Waals surface area contributed by atoms with Gasteiger partial charge in [-0.2, -0.15) is 0 Å². The highest BCUT2D eigenvalue weighted by atomic mass is 16.5. The Balaban J connectivity index is 1.62. The van der Waals surface area contributed by atoms with E-state index in [4.69, 9.17) is 4.74 Å². The van der Waals surface area contributed by atoms with Gasteiger partial charge in [0.25, 0.3) is 5.91 Å². The average Bonchev–Trinajstić information content (AvgIpc) is 2.65. The molecule has 3 heteroatoms. The van der Waals surface area contributed by atoms with Crippen LogP contribution in [0.3, 0.4) is 0 Å². The lowest BCUT2D eigenvalue weighted by atomic mass is 9.91. The molecule has 0 aliphatic heterocycles. The summed E-state index contributed by atoms with van der Waals surface area (Å²) in [5, 5.41) is 3.11. The van der Waals surface area contributed by atoms with E-state index >= 15 is 0 Å². The topological polar surface area (TPSA) is 38.3 Å². The molecule has 132 valence electrons. The van der Waals surface area contributed by atoms with Crippen LogP contribution in [0.25, 0.3) is 0 Å². The monoisotopic (exact) mass is 337 g/mol. The molecule has 0 radical (unpaired) electrons. The minimum Gasteiger partial charge on any atom is -0.483 e. The highest BCUT2D eigenvalue weighted by Gasteiger charge is 2.17. The molecular weight excluding hydrogens is 310 g/mol. The Morgan fingerprint density at radius 2 is 1.92 bits per heavy atom. The fourth-order valence-corrected chi connectivity index (χ4v) is 3.64. The summed E-state index contributed by atoms with van der Waals surface area (Å²) in [6.07, 6.45) is 5.46. The van der Waals surface area contributed by atoms with Crippen molar-refractivity contribution in [3.05, 3.63) is 64.7 Å². The van der Waals surface area contributed by atoms with Gasteiger partial charge < -0.3 is 10.1 Å². The molecule has 0 unspecified atom stereocenters. The second kappa shape index (κ2) is 8.19. The molecule has 25 heavy (non-hydrogen) atoms. The normalized spacial score (nSPS) is 14.5. The van der Waals surface area contributed by atoms with Crippen molar-refractivity contribution in [2.24, 2.45) is 0 Å². The van der Waals surface area contributed by atoms with Gasteiger partial charge in [0.2, 0.25) is 0 Å². The Morgan fingerprint density at radius 1 is 1.12 bits per heavy atom. The second-order valence-corrected chi connectivity index (χ2v) is 6.77. The number of amides is 1. The van der Waals surface area contributed by atoms with Gasteiger partial charge in [0, 0.05) is 0 Å². The predicted octanol–water partition coefficient (Wildman–Crippen LogP) is 4.52. The standard InChI is InChI=1S/C22H27NO2/c1-3-20(18-12-6-4-9-16(18)2)23-22(24)15-25-21-14-8-11-17-10-5-7-13-19(17)21/h4,6,8-9,11-12,14,20H,3,5,7,10,13,15H2,1-2H3,(H,23,24)/t20-/m0/s1. The van der Waals surface area contributed by atoms with Gasteiger partial charge in [0.15, 0.2) is 6.61 Å². The van der Waals surface area contributed by atoms with Crippen LogP contribution < -0.4 is 10.1 Å². The van der Waals surface area contributed by atoms with Gasteiger partial charge in [-0.25, -0.2) is 0 Å². The minimum atomic E-state index is -0.0662. The van der Waals surface area contributed by atoms with Crippen molar-refractivity contribution in [3.63, 3.8) is 0 Å². The van der Waals surface area contributed by atoms with Crippen LogP contribution in [0.5, 0.6) is 5.75 Å². The molecule has 0 bridgehead atoms. The van der Waals surface area contributed by atoms with Gasteiger partial charge >= 0.3 is 0 Å². The Hall–Kier alpha value is -2.29. The fraction of sp³-hybridized carbons (Fsp3) is 0.409. The molecular formula is C22H27NO2. The Morgan fingerprint density at radius 3 is 2.72 bits per heavy atom. The molecule has 1 atom stereocenters. The van der Waals surface area contributed by atoms with Crippen molar-refractivity contribution in [2.75, 3.05) is 6.61 Å². The molecule has 1 aliphatic rings. The molecule has 0 saturated heterocycles. The first kappa shape index (κ1) is 17.5. The number of hydrogen-bond acceptors (Lipinski definition) is 2. The van der Waals surface area contributed by atoms with Crippen molar-refractivity contribution >= 4 is 5.91 Å². The summed E-state index contributed by atoms with van der Waals surface area (Å²) in [7, 11) is 0. The van der Waals surface area contributed by atoms with Crippen LogP contribution >= 0.6 is 0 Å². The van der Waals surface area contributed by atoms with E-state index < -0.39 is 0 Å². The van der Waals surface area contributed by atoms with Crippen LogP contribution in [0.1, 0.15) is 54.5 Å². The van der Waals surface area contributed by atoms with Gasteiger partial charge in [0.1, 0.15) is 5.75 Å². The molecule has 0 aromatic heterocycles. The maximum atomic E-state index is 12.4. The second-order valence-electron chi connectivity index (χ2n) is 6.77. The SMILES string of the molecule is CC[C@H](NC(=O)COc1cccc2c1CCCC2)c1ccccc1C. The number of benzene rings is 2. The van der Waals surface area contributed by atoms with Crippen molar-refractivity contribution in [3.8, 4) is 5.75 Å². The zero-order valence-electron chi connectivity index (χ0n) is 15.2. The highest BCUT2D eigenvalue weighted by Crippen LogP contribution is 2.29. The first-order chi connectivity index (χ1) is 12.2. The summed E-state index contributed by atoms with van der Waals surface area (Å²) in [6, 6.07) is 14.4. The molecule has 1 N–H and O–H groups in total. The molecule has 0 spiro atoms. The highest BCUT2D eigenvalue weighted by molar-refractivity contribution is 5.78. The van der Waals surface area contributed by atoms with Crippen LogP contribution in [0.4, 0.5) is 0 Å². The third-order valence-corrected chi connectivity index (χ3v) is 5.02. The van der Waals surface area contributed by atoms with E-state index in [9.17, 15) is 4.79 Å². The van der Waals surface area contributed by atoms with Crippen LogP contribution in [0.15, 0.2) is 42.5 Å². The zero-order valence-corrected chi connectivity index (χ0v) is 15.2. The Kier molecular flexibility index (Phi) is 5.75. The van der Waals surface area contributed by atoms with Crippen molar-refractivity contribution in [1.82, 2.24) is 5.32 Å². The number of hydrogen-bond donors (Lipinski definition) is 1. The molecule has 2 aromatic carbocycles. The molecule has 0 saturated carbocycles. The van der Waals surface area contributed by atoms with Gasteiger partial charge in [-0.3, -0.25) is 4.79 Å². The number of ether oxygens (including phenoxy) is 1. The molecule has 1 amide bonds. The maximum absolute atomic E-state index is 12.4. The quantitative estimate of drug-likeness (QED) is 0.841. The summed E-state index contributed by atoms with van der Waals surface area (Å²) in [4.78, 5) is 12.4. The summed E-state index contributed by atoms with van der Waals surface area (Å²) in [5.41, 5.74) is 5.03. The van der Waals surface area contributed by atoms with E-state index in [1.807, 2.05) is 24.3 Å². The van der Waals surface area contributed by atoms with Crippen LogP contribution in [-0.4, -0.2) is 12.5 Å². The van der Waals surface area contributed by atoms with E-state index in [1.165, 1.54) is 35.1 Å². The smallest absolute Gasteiger partial charge is 0.258 e.